The highest BCUT2D eigenvalue weighted by Crippen LogP contribution is 2.53. The van der Waals surface area contributed by atoms with Crippen LogP contribution in [0.2, 0.25) is 0 Å². The van der Waals surface area contributed by atoms with Crippen molar-refractivity contribution >= 4 is 32.8 Å². The highest BCUT2D eigenvalue weighted by atomic mass is 16.5. The van der Waals surface area contributed by atoms with Crippen LogP contribution < -0.4 is 9.30 Å². The Bertz CT molecular complexity index is 4270. The summed E-state index contributed by atoms with van der Waals surface area (Å²) in [5.74, 6) is 1.93. The van der Waals surface area contributed by atoms with Crippen LogP contribution in [-0.2, 0) is 16.2 Å². The lowest BCUT2D eigenvalue weighted by Gasteiger charge is -2.45. The Morgan fingerprint density at radius 2 is 1.20 bits per heavy atom. The first-order valence-corrected chi connectivity index (χ1v) is 23.2. The van der Waals surface area contributed by atoms with E-state index >= 15 is 0 Å². The zero-order valence-corrected chi connectivity index (χ0v) is 39.5. The van der Waals surface area contributed by atoms with Gasteiger partial charge in [-0.15, -0.1) is 0 Å². The van der Waals surface area contributed by atoms with E-state index in [1.807, 2.05) is 59.3 Å². The number of para-hydroxylation sites is 4. The molecule has 5 heteroatoms. The van der Waals surface area contributed by atoms with Gasteiger partial charge >= 0.3 is 0 Å². The van der Waals surface area contributed by atoms with Gasteiger partial charge in [0.1, 0.15) is 17.3 Å². The third-order valence-electron chi connectivity index (χ3n) is 14.0. The fourth-order valence-electron chi connectivity index (χ4n) is 10.6. The van der Waals surface area contributed by atoms with Crippen LogP contribution >= 0.6 is 0 Å². The fourth-order valence-corrected chi connectivity index (χ4v) is 10.6. The van der Waals surface area contributed by atoms with Crippen molar-refractivity contribution in [1.29, 1.82) is 0 Å². The van der Waals surface area contributed by atoms with Crippen molar-refractivity contribution in [2.24, 2.45) is 0 Å². The number of ether oxygens (including phenoxy) is 1. The number of rotatable bonds is 7. The molecule has 3 aromatic heterocycles. The number of nitrogens with zero attached hydrogens (tertiary/aromatic N) is 4. The fraction of sp³-hybridized carbons (Fsp3) is 0.156. The van der Waals surface area contributed by atoms with Gasteiger partial charge in [-0.2, -0.15) is 0 Å². The first kappa shape index (κ1) is 32.6. The van der Waals surface area contributed by atoms with Gasteiger partial charge in [0.2, 0.25) is 0 Å². The molecule has 0 unspecified atom stereocenters. The van der Waals surface area contributed by atoms with Crippen molar-refractivity contribution in [3.63, 3.8) is 0 Å². The summed E-state index contributed by atoms with van der Waals surface area (Å²) in [4.78, 5) is 4.91. The van der Waals surface area contributed by atoms with E-state index in [4.69, 9.17) is 17.9 Å². The summed E-state index contributed by atoms with van der Waals surface area (Å²) in [5.41, 5.74) is 8.31. The van der Waals surface area contributed by atoms with Gasteiger partial charge in [0.15, 0.2) is 0 Å². The molecule has 0 aliphatic heterocycles. The predicted octanol–water partition coefficient (Wildman–Crippen LogP) is 15.6. The number of hydrogen-bond donors (Lipinski definition) is 0. The monoisotopic (exact) mass is 904 g/mol. The second-order valence-corrected chi connectivity index (χ2v) is 19.9. The summed E-state index contributed by atoms with van der Waals surface area (Å²) in [6.45, 7) is 15.4. The Morgan fingerprint density at radius 1 is 0.580 bits per heavy atom. The molecule has 0 atom stereocenters. The standard InChI is InChI=1S/C64H54N4O/c1-62(2,3)44-35-36-65-59(37-44)68-54-30-17-14-25-49(54)50-34-33-45(39-57(50)68)69-46-38-53-60(64(6,7)52-29-16-15-28-51(52)63(53,4)5)58(40-46)66-41-67(56-32-19-18-31-55(56)66)61-47(42-21-10-8-11-22-42)26-20-27-48(61)43-23-12-9-13-24-43/h8-40H,1-7H3/i8D,9D,10D,11D,12D,13D,21D,22D,23D,24D. The number of benzene rings is 8. The number of pyridine rings is 1. The summed E-state index contributed by atoms with van der Waals surface area (Å²) in [6, 6.07) is 38.6. The van der Waals surface area contributed by atoms with E-state index in [1.165, 1.54) is 5.56 Å². The lowest BCUT2D eigenvalue weighted by Crippen LogP contribution is -2.37. The van der Waals surface area contributed by atoms with Crippen molar-refractivity contribution in [3.05, 3.63) is 234 Å². The molecular formula is C64H54N4O. The smallest absolute Gasteiger partial charge is 0.269 e. The van der Waals surface area contributed by atoms with Crippen LogP contribution in [0, 0.1) is 6.33 Å². The molecule has 0 saturated heterocycles. The average Bonchev–Trinajstić information content (AvgIpc) is 3.73. The number of hydrogen-bond acceptors (Lipinski definition) is 2. The van der Waals surface area contributed by atoms with Gasteiger partial charge in [0.05, 0.1) is 47.1 Å². The predicted molar refractivity (Wildman–Crippen MR) is 283 cm³/mol. The molecule has 0 radical (unpaired) electrons. The van der Waals surface area contributed by atoms with Crippen LogP contribution in [-0.4, -0.2) is 14.1 Å². The lowest BCUT2D eigenvalue weighted by molar-refractivity contribution is -0.571. The number of fused-ring (bicyclic) bond motifs is 6. The molecule has 3 heterocycles. The van der Waals surface area contributed by atoms with Gasteiger partial charge in [0.25, 0.3) is 6.33 Å². The van der Waals surface area contributed by atoms with Crippen molar-refractivity contribution < 1.29 is 23.0 Å². The molecule has 0 amide bonds. The summed E-state index contributed by atoms with van der Waals surface area (Å²) in [5, 5.41) is 2.12. The maximum absolute atomic E-state index is 9.24. The van der Waals surface area contributed by atoms with E-state index in [9.17, 15) is 5.48 Å². The summed E-state index contributed by atoms with van der Waals surface area (Å²) < 4.78 is 102. The topological polar surface area (TPSA) is 35.9 Å². The Morgan fingerprint density at radius 3 is 1.90 bits per heavy atom. The first-order chi connectivity index (χ1) is 37.5. The molecule has 5 nitrogen and oxygen atoms in total. The van der Waals surface area contributed by atoms with E-state index < -0.39 is 71.3 Å². The largest absolute Gasteiger partial charge is 0.458 e. The van der Waals surface area contributed by atoms with Crippen molar-refractivity contribution in [2.45, 2.75) is 64.7 Å². The third kappa shape index (κ3) is 6.82. The number of imidazole rings is 1. The normalized spacial score (nSPS) is 16.0. The van der Waals surface area contributed by atoms with E-state index in [1.54, 1.807) is 22.8 Å². The molecule has 0 N–H and O–H groups in total. The molecule has 8 aromatic carbocycles. The minimum Gasteiger partial charge on any atom is -0.458 e. The second-order valence-electron chi connectivity index (χ2n) is 19.9. The van der Waals surface area contributed by atoms with E-state index in [0.29, 0.717) is 22.5 Å². The molecule has 0 saturated carbocycles. The lowest BCUT2D eigenvalue weighted by atomic mass is 9.59. The molecule has 69 heavy (non-hydrogen) atoms. The van der Waals surface area contributed by atoms with Crippen LogP contribution in [0.25, 0.3) is 72.3 Å². The molecule has 1 aliphatic carbocycles. The minimum atomic E-state index is -0.614. The maximum atomic E-state index is 9.24. The van der Waals surface area contributed by atoms with E-state index in [-0.39, 0.29) is 33.4 Å². The highest BCUT2D eigenvalue weighted by Gasteiger charge is 2.44. The Kier molecular flexibility index (Phi) is 7.47. The molecule has 1 aliphatic rings. The van der Waals surface area contributed by atoms with E-state index in [2.05, 4.69) is 126 Å². The zero-order chi connectivity index (χ0) is 55.9. The minimum absolute atomic E-state index is 0.111. The molecule has 0 bridgehead atoms. The first-order valence-electron chi connectivity index (χ1n) is 28.2. The van der Waals surface area contributed by atoms with Gasteiger partial charge in [0, 0.05) is 33.9 Å². The van der Waals surface area contributed by atoms with Crippen LogP contribution in [0.1, 0.15) is 90.0 Å². The zero-order valence-electron chi connectivity index (χ0n) is 49.5. The molecule has 0 fully saturated rings. The summed E-state index contributed by atoms with van der Waals surface area (Å²) >= 11 is 0. The molecule has 11 aromatic rings. The van der Waals surface area contributed by atoms with E-state index in [0.717, 1.165) is 55.6 Å². The Hall–Kier alpha value is -8.02. The van der Waals surface area contributed by atoms with Gasteiger partial charge < -0.3 is 4.74 Å². The average molecular weight is 905 g/mol. The molecule has 0 spiro atoms. The third-order valence-corrected chi connectivity index (χ3v) is 14.0. The second kappa shape index (κ2) is 15.8. The van der Waals surface area contributed by atoms with Gasteiger partial charge in [-0.25, -0.2) is 4.98 Å². The van der Waals surface area contributed by atoms with Gasteiger partial charge in [-0.3, -0.25) is 13.7 Å². The van der Waals surface area contributed by atoms with Gasteiger partial charge in [-0.1, -0.05) is 194 Å². The van der Waals surface area contributed by atoms with Crippen LogP contribution in [0.4, 0.5) is 0 Å². The summed E-state index contributed by atoms with van der Waals surface area (Å²) in [7, 11) is 0. The Labute approximate surface area is 418 Å². The van der Waals surface area contributed by atoms with Crippen molar-refractivity contribution in [2.75, 3.05) is 0 Å². The molecular weight excluding hydrogens is 841 g/mol. The summed E-state index contributed by atoms with van der Waals surface area (Å²) in [6.07, 6.45) is 5.54. The molecule has 336 valence electrons. The Balaban J connectivity index is 1.14. The van der Waals surface area contributed by atoms with Crippen LogP contribution in [0.5, 0.6) is 11.5 Å². The quantitative estimate of drug-likeness (QED) is 0.118. The molecule has 12 rings (SSSR count). The van der Waals surface area contributed by atoms with Crippen molar-refractivity contribution in [1.82, 2.24) is 14.1 Å². The van der Waals surface area contributed by atoms with Crippen LogP contribution in [0.3, 0.4) is 0 Å². The maximum Gasteiger partial charge on any atom is 0.269 e. The highest BCUT2D eigenvalue weighted by molar-refractivity contribution is 6.09. The van der Waals surface area contributed by atoms with Crippen molar-refractivity contribution in [3.8, 4) is 50.9 Å². The van der Waals surface area contributed by atoms with Gasteiger partial charge in [-0.05, 0) is 98.0 Å². The SMILES string of the molecule is [2H]c1c([2H])c([2H])c(-c2cccc(-c3c([2H])c([2H])c([2H])c([2H])c3[2H])c2-[n+]2[c-]n(-c3cc(Oc4ccc5c6ccccc6n(-c6cc(C(C)(C)C)ccn6)c5c4)cc4c3C(C)(C)c3ccccc3C4(C)C)c3ccccc32)c([2H])c1[2H]. The van der Waals surface area contributed by atoms with Crippen LogP contribution in [0.15, 0.2) is 200 Å². The number of aromatic nitrogens is 4.